The fraction of sp³-hybridized carbons (Fsp3) is 0.167. The first-order valence-corrected chi connectivity index (χ1v) is 14.4. The Bertz CT molecular complexity index is 1810. The lowest BCUT2D eigenvalue weighted by Gasteiger charge is -2.54. The molecule has 3 aliphatic heterocycles. The van der Waals surface area contributed by atoms with Crippen LogP contribution in [0.3, 0.4) is 0 Å². The second kappa shape index (κ2) is 10.5. The second-order valence-corrected chi connectivity index (χ2v) is 10.3. The van der Waals surface area contributed by atoms with Crippen molar-refractivity contribution in [3.63, 3.8) is 0 Å². The van der Waals surface area contributed by atoms with Gasteiger partial charge in [-0.1, -0.05) is 91.0 Å². The predicted octanol–water partition coefficient (Wildman–Crippen LogP) is 6.65. The van der Waals surface area contributed by atoms with Gasteiger partial charge in [-0.2, -0.15) is 0 Å². The summed E-state index contributed by atoms with van der Waals surface area (Å²) in [5.41, 5.74) is 4.16. The first-order valence-electron chi connectivity index (χ1n) is 14.4. The summed E-state index contributed by atoms with van der Waals surface area (Å²) in [5.74, 6) is 0.0473. The molecule has 7 rings (SSSR count). The smallest absolute Gasteiger partial charge is 0.342 e. The van der Waals surface area contributed by atoms with Crippen molar-refractivity contribution in [3.05, 3.63) is 131 Å². The van der Waals surface area contributed by atoms with E-state index in [0.717, 1.165) is 16.8 Å². The molecule has 0 N–H and O–H groups in total. The molecule has 0 amide bonds. The van der Waals surface area contributed by atoms with Gasteiger partial charge < -0.3 is 18.9 Å². The molecule has 0 saturated heterocycles. The molecule has 3 aliphatic rings. The second-order valence-electron chi connectivity index (χ2n) is 10.3. The predicted molar refractivity (Wildman–Crippen MR) is 163 cm³/mol. The molecule has 1 spiro atoms. The molecule has 214 valence electrons. The van der Waals surface area contributed by atoms with E-state index in [1.165, 1.54) is 0 Å². The third-order valence-corrected chi connectivity index (χ3v) is 7.89. The summed E-state index contributed by atoms with van der Waals surface area (Å²) in [6.45, 7) is 4.04. The minimum absolute atomic E-state index is 0.0902. The molecule has 0 fully saturated rings. The van der Waals surface area contributed by atoms with Crippen LogP contribution in [0, 0.1) is 0 Å². The molecule has 0 aliphatic carbocycles. The van der Waals surface area contributed by atoms with Crippen LogP contribution >= 0.6 is 0 Å². The van der Waals surface area contributed by atoms with E-state index in [2.05, 4.69) is 0 Å². The van der Waals surface area contributed by atoms with Crippen LogP contribution in [0.4, 0.5) is 5.69 Å². The zero-order valence-corrected chi connectivity index (χ0v) is 23.8. The van der Waals surface area contributed by atoms with E-state index in [9.17, 15) is 9.59 Å². The van der Waals surface area contributed by atoms with Crippen LogP contribution in [0.5, 0.6) is 5.75 Å². The average molecular weight is 572 g/mol. The van der Waals surface area contributed by atoms with E-state index in [4.69, 9.17) is 18.9 Å². The van der Waals surface area contributed by atoms with E-state index in [0.29, 0.717) is 45.0 Å². The molecule has 4 aromatic rings. The Morgan fingerprint density at radius 1 is 0.721 bits per heavy atom. The number of benzene rings is 4. The number of hydrogen-bond donors (Lipinski definition) is 0. The molecular formula is C36H29NO6. The standard InChI is InChI=1S/C36H29NO6/c1-3-40-34(38)29-25-18-13-19-26-30(35(39)41-4-2)33(24-16-9-6-10-17-24)43-36(31(25)26)22-42-28-21-12-11-20-27(28)37(36)32(29)23-14-7-5-8-15-23/h5-21H,3-4,22H2,1-2H3. The molecule has 1 atom stereocenters. The van der Waals surface area contributed by atoms with Crippen LogP contribution in [0.2, 0.25) is 0 Å². The van der Waals surface area contributed by atoms with Crippen LogP contribution in [-0.4, -0.2) is 31.8 Å². The first-order chi connectivity index (χ1) is 21.1. The van der Waals surface area contributed by atoms with Gasteiger partial charge in [-0.05, 0) is 31.5 Å². The van der Waals surface area contributed by atoms with E-state index < -0.39 is 17.7 Å². The fourth-order valence-electron chi connectivity index (χ4n) is 6.26. The van der Waals surface area contributed by atoms with Gasteiger partial charge in [-0.3, -0.25) is 4.90 Å². The Morgan fingerprint density at radius 3 is 1.98 bits per heavy atom. The van der Waals surface area contributed by atoms with Gasteiger partial charge in [0.15, 0.2) is 6.61 Å². The van der Waals surface area contributed by atoms with Crippen molar-refractivity contribution in [2.75, 3.05) is 24.7 Å². The molecule has 0 saturated carbocycles. The van der Waals surface area contributed by atoms with Crippen molar-refractivity contribution in [1.29, 1.82) is 0 Å². The Balaban J connectivity index is 1.64. The number of fused-ring (bicyclic) bond motifs is 2. The third kappa shape index (κ3) is 4.03. The van der Waals surface area contributed by atoms with Crippen molar-refractivity contribution < 1.29 is 28.5 Å². The zero-order valence-electron chi connectivity index (χ0n) is 23.8. The molecule has 43 heavy (non-hydrogen) atoms. The molecule has 0 radical (unpaired) electrons. The minimum Gasteiger partial charge on any atom is -0.485 e. The number of para-hydroxylation sites is 2. The van der Waals surface area contributed by atoms with Gasteiger partial charge in [0, 0.05) is 22.3 Å². The highest BCUT2D eigenvalue weighted by molar-refractivity contribution is 6.30. The molecule has 1 unspecified atom stereocenters. The number of nitrogens with zero attached hydrogens (tertiary/aromatic N) is 1. The Hall–Kier alpha value is -5.30. The van der Waals surface area contributed by atoms with E-state index in [-0.39, 0.29) is 19.8 Å². The highest BCUT2D eigenvalue weighted by atomic mass is 16.6. The third-order valence-electron chi connectivity index (χ3n) is 7.89. The van der Waals surface area contributed by atoms with Crippen molar-refractivity contribution >= 4 is 40.2 Å². The quantitative estimate of drug-likeness (QED) is 0.240. The van der Waals surface area contributed by atoms with E-state index >= 15 is 0 Å². The van der Waals surface area contributed by atoms with Gasteiger partial charge in [-0.15, -0.1) is 0 Å². The summed E-state index contributed by atoms with van der Waals surface area (Å²) in [6, 6.07) is 32.6. The topological polar surface area (TPSA) is 74.3 Å². The van der Waals surface area contributed by atoms with Crippen molar-refractivity contribution in [1.82, 2.24) is 0 Å². The SMILES string of the molecule is CCOC(=O)C1=C(c2ccccc2)OC23COc4ccccc4N2C(c2ccccc2)=C(C(=O)OCC)c2cccc1c23. The lowest BCUT2D eigenvalue weighted by molar-refractivity contribution is -0.136. The number of rotatable bonds is 6. The first kappa shape index (κ1) is 26.6. The van der Waals surface area contributed by atoms with Crippen molar-refractivity contribution in [2.24, 2.45) is 0 Å². The molecule has 0 bridgehead atoms. The van der Waals surface area contributed by atoms with Gasteiger partial charge in [0.2, 0.25) is 5.72 Å². The molecule has 7 heteroatoms. The maximum atomic E-state index is 14.0. The van der Waals surface area contributed by atoms with Crippen LogP contribution in [0.1, 0.15) is 41.7 Å². The highest BCUT2D eigenvalue weighted by Crippen LogP contribution is 2.59. The lowest BCUT2D eigenvalue weighted by atomic mass is 9.76. The number of hydrogen-bond acceptors (Lipinski definition) is 7. The summed E-state index contributed by atoms with van der Waals surface area (Å²) < 4.78 is 24.9. The van der Waals surface area contributed by atoms with Gasteiger partial charge in [0.05, 0.1) is 30.2 Å². The molecule has 0 aromatic heterocycles. The van der Waals surface area contributed by atoms with Crippen molar-refractivity contribution in [3.8, 4) is 5.75 Å². The van der Waals surface area contributed by atoms with Crippen LogP contribution in [0.15, 0.2) is 103 Å². The Labute approximate surface area is 249 Å². The molecule has 4 aromatic carbocycles. The number of carbonyl (C=O) groups excluding carboxylic acids is 2. The molecule has 7 nitrogen and oxygen atoms in total. The average Bonchev–Trinajstić information content (AvgIpc) is 3.05. The summed E-state index contributed by atoms with van der Waals surface area (Å²) in [6.07, 6.45) is 0. The summed E-state index contributed by atoms with van der Waals surface area (Å²) in [4.78, 5) is 29.7. The van der Waals surface area contributed by atoms with Gasteiger partial charge in [-0.25, -0.2) is 9.59 Å². The van der Waals surface area contributed by atoms with Gasteiger partial charge in [0.25, 0.3) is 0 Å². The maximum absolute atomic E-state index is 14.0. The monoisotopic (exact) mass is 571 g/mol. The minimum atomic E-state index is -1.28. The normalized spacial score (nSPS) is 18.0. The highest BCUT2D eigenvalue weighted by Gasteiger charge is 2.58. The number of carbonyl (C=O) groups is 2. The largest absolute Gasteiger partial charge is 0.485 e. The fourth-order valence-corrected chi connectivity index (χ4v) is 6.26. The number of anilines is 1. The summed E-state index contributed by atoms with van der Waals surface area (Å²) >= 11 is 0. The molecule has 3 heterocycles. The van der Waals surface area contributed by atoms with Gasteiger partial charge >= 0.3 is 11.9 Å². The molecular weight excluding hydrogens is 542 g/mol. The summed E-state index contributed by atoms with van der Waals surface area (Å²) in [7, 11) is 0. The Kier molecular flexibility index (Phi) is 6.50. The van der Waals surface area contributed by atoms with Crippen LogP contribution in [-0.2, 0) is 29.5 Å². The number of esters is 2. The van der Waals surface area contributed by atoms with Crippen molar-refractivity contribution in [2.45, 2.75) is 19.6 Å². The van der Waals surface area contributed by atoms with Crippen LogP contribution < -0.4 is 9.64 Å². The summed E-state index contributed by atoms with van der Waals surface area (Å²) in [5, 5.41) is 0. The van der Waals surface area contributed by atoms with E-state index in [1.807, 2.05) is 108 Å². The van der Waals surface area contributed by atoms with Crippen LogP contribution in [0.25, 0.3) is 22.6 Å². The maximum Gasteiger partial charge on any atom is 0.342 e. The van der Waals surface area contributed by atoms with E-state index in [1.54, 1.807) is 13.8 Å². The lowest BCUT2D eigenvalue weighted by Crippen LogP contribution is -2.58. The zero-order chi connectivity index (χ0) is 29.6. The Morgan fingerprint density at radius 2 is 1.30 bits per heavy atom. The number of ether oxygens (including phenoxy) is 4. The van der Waals surface area contributed by atoms with Gasteiger partial charge in [0.1, 0.15) is 17.1 Å².